The van der Waals surface area contributed by atoms with Gasteiger partial charge in [0.05, 0.1) is 27.8 Å². The first kappa shape index (κ1) is 22.1. The fourth-order valence-corrected chi connectivity index (χ4v) is 5.36. The number of benzene rings is 2. The number of rotatable bonds is 9. The van der Waals surface area contributed by atoms with Crippen molar-refractivity contribution in [3.63, 3.8) is 0 Å². The van der Waals surface area contributed by atoms with Gasteiger partial charge >= 0.3 is 0 Å². The molecule has 0 aliphatic rings. The third-order valence-corrected chi connectivity index (χ3v) is 7.14. The Kier molecular flexibility index (Phi) is 6.96. The van der Waals surface area contributed by atoms with Crippen LogP contribution in [-0.4, -0.2) is 48.1 Å². The van der Waals surface area contributed by atoms with E-state index < -0.39 is 33.6 Å². The zero-order chi connectivity index (χ0) is 21.7. The van der Waals surface area contributed by atoms with Crippen molar-refractivity contribution in [1.29, 1.82) is 0 Å². The number of aliphatic hydroxyl groups excluding tert-OH is 1. The van der Waals surface area contributed by atoms with Gasteiger partial charge in [0.15, 0.2) is 14.8 Å². The number of amides is 1. The number of ketones is 1. The Balaban J connectivity index is 1.64. The number of hydrogen-bond acceptors (Lipinski definition) is 7. The van der Waals surface area contributed by atoms with Crippen LogP contribution < -0.4 is 5.32 Å². The second-order valence-electron chi connectivity index (χ2n) is 6.88. The van der Waals surface area contributed by atoms with Gasteiger partial charge in [-0.05, 0) is 24.1 Å². The molecule has 0 bridgehead atoms. The van der Waals surface area contributed by atoms with Gasteiger partial charge in [0.1, 0.15) is 6.10 Å². The lowest BCUT2D eigenvalue weighted by Crippen LogP contribution is -2.47. The van der Waals surface area contributed by atoms with Crippen LogP contribution in [0.15, 0.2) is 54.6 Å². The summed E-state index contributed by atoms with van der Waals surface area (Å²) in [6.07, 6.45) is -1.49. The predicted octanol–water partition coefficient (Wildman–Crippen LogP) is 2.35. The molecule has 0 radical (unpaired) electrons. The first-order valence-electron chi connectivity index (χ1n) is 9.41. The lowest BCUT2D eigenvalue weighted by atomic mass is 10.1. The van der Waals surface area contributed by atoms with Crippen LogP contribution in [-0.2, 0) is 20.4 Å². The van der Waals surface area contributed by atoms with E-state index in [-0.39, 0.29) is 23.0 Å². The van der Waals surface area contributed by atoms with Crippen LogP contribution in [0.4, 0.5) is 0 Å². The minimum absolute atomic E-state index is 0.259. The molecule has 0 spiro atoms. The highest BCUT2D eigenvalue weighted by atomic mass is 32.2. The summed E-state index contributed by atoms with van der Waals surface area (Å²) in [5, 5.41) is 12.8. The topological polar surface area (TPSA) is 113 Å². The Labute approximate surface area is 178 Å². The number of aromatic nitrogens is 1. The molecule has 0 aliphatic carbocycles. The van der Waals surface area contributed by atoms with Gasteiger partial charge < -0.3 is 10.4 Å². The Morgan fingerprint density at radius 2 is 1.77 bits per heavy atom. The van der Waals surface area contributed by atoms with Crippen LogP contribution in [0, 0.1) is 0 Å². The van der Waals surface area contributed by atoms with Crippen molar-refractivity contribution >= 4 is 43.1 Å². The van der Waals surface area contributed by atoms with Crippen LogP contribution in [0.25, 0.3) is 10.2 Å². The fourth-order valence-electron chi connectivity index (χ4n) is 2.95. The Bertz CT molecular complexity index is 1110. The molecule has 7 nitrogen and oxygen atoms in total. The van der Waals surface area contributed by atoms with E-state index in [1.165, 1.54) is 11.3 Å². The van der Waals surface area contributed by atoms with Gasteiger partial charge in [-0.15, -0.1) is 11.3 Å². The Morgan fingerprint density at radius 1 is 1.10 bits per heavy atom. The van der Waals surface area contributed by atoms with E-state index in [1.807, 2.05) is 18.2 Å². The van der Waals surface area contributed by atoms with E-state index in [4.69, 9.17) is 0 Å². The number of fused-ring (bicyclic) bond motifs is 1. The molecule has 0 unspecified atom stereocenters. The minimum atomic E-state index is -3.72. The van der Waals surface area contributed by atoms with Crippen LogP contribution in [0.2, 0.25) is 0 Å². The standard InChI is InChI=1S/C21H22N2O5S2/c1-2-15(19(25)21-23-16-10-6-7-11-18(16)29-21)22-20(26)17(24)13-30(27,28)12-14-8-4-3-5-9-14/h3-11,15,17,24H,2,12-13H2,1H3,(H,22,26)/t15-,17+/m0/s1. The van der Waals surface area contributed by atoms with Gasteiger partial charge in [0.25, 0.3) is 0 Å². The minimum Gasteiger partial charge on any atom is -0.382 e. The van der Waals surface area contributed by atoms with Gasteiger partial charge in [-0.25, -0.2) is 13.4 Å². The van der Waals surface area contributed by atoms with Gasteiger partial charge in [0.2, 0.25) is 11.7 Å². The monoisotopic (exact) mass is 446 g/mol. The maximum atomic E-state index is 12.8. The van der Waals surface area contributed by atoms with Crippen molar-refractivity contribution < 1.29 is 23.1 Å². The number of thiazole rings is 1. The average Bonchev–Trinajstić information content (AvgIpc) is 3.15. The molecule has 9 heteroatoms. The molecule has 0 fully saturated rings. The lowest BCUT2D eigenvalue weighted by Gasteiger charge is -2.17. The smallest absolute Gasteiger partial charge is 0.250 e. The van der Waals surface area contributed by atoms with Crippen molar-refractivity contribution in [2.45, 2.75) is 31.2 Å². The maximum Gasteiger partial charge on any atom is 0.250 e. The number of hydrogen-bond donors (Lipinski definition) is 2. The van der Waals surface area contributed by atoms with Crippen molar-refractivity contribution in [3.05, 3.63) is 65.2 Å². The highest BCUT2D eigenvalue weighted by Crippen LogP contribution is 2.23. The zero-order valence-corrected chi connectivity index (χ0v) is 17.9. The second kappa shape index (κ2) is 9.46. The number of para-hydroxylation sites is 1. The van der Waals surface area contributed by atoms with Crippen molar-refractivity contribution in [2.24, 2.45) is 0 Å². The molecule has 1 amide bonds. The first-order valence-corrected chi connectivity index (χ1v) is 12.1. The average molecular weight is 447 g/mol. The summed E-state index contributed by atoms with van der Waals surface area (Å²) in [6.45, 7) is 1.72. The number of carbonyl (C=O) groups excluding carboxylic acids is 2. The van der Waals surface area contributed by atoms with Crippen LogP contribution in [0.5, 0.6) is 0 Å². The highest BCUT2D eigenvalue weighted by molar-refractivity contribution is 7.90. The normalized spacial score (nSPS) is 13.7. The van der Waals surface area contributed by atoms with E-state index in [0.717, 1.165) is 4.70 Å². The number of Topliss-reactive ketones (excluding diaryl/α,β-unsaturated/α-hetero) is 1. The van der Waals surface area contributed by atoms with Gasteiger partial charge in [-0.3, -0.25) is 9.59 Å². The van der Waals surface area contributed by atoms with Crippen LogP contribution in [0.3, 0.4) is 0 Å². The lowest BCUT2D eigenvalue weighted by molar-refractivity contribution is -0.128. The molecule has 2 atom stereocenters. The van der Waals surface area contributed by atoms with Gasteiger partial charge in [-0.1, -0.05) is 49.4 Å². The highest BCUT2D eigenvalue weighted by Gasteiger charge is 2.29. The molecule has 0 saturated heterocycles. The SMILES string of the molecule is CC[C@H](NC(=O)[C@H](O)CS(=O)(=O)Cc1ccccc1)C(=O)c1nc2ccccc2s1. The quantitative estimate of drug-likeness (QED) is 0.488. The number of sulfone groups is 1. The first-order chi connectivity index (χ1) is 14.3. The zero-order valence-electron chi connectivity index (χ0n) is 16.3. The van der Waals surface area contributed by atoms with E-state index in [1.54, 1.807) is 43.3 Å². The summed E-state index contributed by atoms with van der Waals surface area (Å²) in [4.78, 5) is 29.4. The Morgan fingerprint density at radius 3 is 2.43 bits per heavy atom. The fraction of sp³-hybridized carbons (Fsp3) is 0.286. The molecule has 2 N–H and O–H groups in total. The second-order valence-corrected chi connectivity index (χ2v) is 10.0. The molecule has 3 rings (SSSR count). The largest absolute Gasteiger partial charge is 0.382 e. The molecule has 30 heavy (non-hydrogen) atoms. The van der Waals surface area contributed by atoms with Crippen LogP contribution in [0.1, 0.15) is 28.7 Å². The van der Waals surface area contributed by atoms with Gasteiger partial charge in [0, 0.05) is 0 Å². The maximum absolute atomic E-state index is 12.8. The Hall–Kier alpha value is -2.62. The van der Waals surface area contributed by atoms with Crippen molar-refractivity contribution in [3.8, 4) is 0 Å². The molecular formula is C21H22N2O5S2. The summed E-state index contributed by atoms with van der Waals surface area (Å²) >= 11 is 1.23. The summed E-state index contributed by atoms with van der Waals surface area (Å²) in [5.41, 5.74) is 1.27. The molecule has 0 saturated carbocycles. The number of aliphatic hydroxyl groups is 1. The molecule has 3 aromatic rings. The summed E-state index contributed by atoms with van der Waals surface area (Å²) in [7, 11) is -3.72. The van der Waals surface area contributed by atoms with Crippen molar-refractivity contribution in [1.82, 2.24) is 10.3 Å². The molecule has 0 aliphatic heterocycles. The number of carbonyl (C=O) groups is 2. The molecular weight excluding hydrogens is 424 g/mol. The predicted molar refractivity (Wildman–Crippen MR) is 116 cm³/mol. The van der Waals surface area contributed by atoms with Gasteiger partial charge in [-0.2, -0.15) is 0 Å². The molecule has 1 heterocycles. The van der Waals surface area contributed by atoms with E-state index >= 15 is 0 Å². The molecule has 1 aromatic heterocycles. The molecule has 2 aromatic carbocycles. The summed E-state index contributed by atoms with van der Waals surface area (Å²) in [6, 6.07) is 14.9. The summed E-state index contributed by atoms with van der Waals surface area (Å²) in [5.74, 6) is -2.26. The van der Waals surface area contributed by atoms with E-state index in [9.17, 15) is 23.1 Å². The number of nitrogens with one attached hydrogen (secondary N) is 1. The van der Waals surface area contributed by atoms with Crippen molar-refractivity contribution in [2.75, 3.05) is 5.75 Å². The van der Waals surface area contributed by atoms with Crippen LogP contribution >= 0.6 is 11.3 Å². The number of nitrogens with zero attached hydrogens (tertiary/aromatic N) is 1. The summed E-state index contributed by atoms with van der Waals surface area (Å²) < 4.78 is 25.5. The third kappa shape index (κ3) is 5.50. The molecule has 158 valence electrons. The van der Waals surface area contributed by atoms with E-state index in [0.29, 0.717) is 11.1 Å². The third-order valence-electron chi connectivity index (χ3n) is 4.49. The van der Waals surface area contributed by atoms with E-state index in [2.05, 4.69) is 10.3 Å².